The van der Waals surface area contributed by atoms with E-state index in [0.29, 0.717) is 5.69 Å². The predicted octanol–water partition coefficient (Wildman–Crippen LogP) is 5.69. The molecule has 0 bridgehead atoms. The van der Waals surface area contributed by atoms with Crippen molar-refractivity contribution in [1.29, 1.82) is 0 Å². The Morgan fingerprint density at radius 2 is 1.81 bits per heavy atom. The van der Waals surface area contributed by atoms with Gasteiger partial charge in [-0.3, -0.25) is 4.57 Å². The number of halogens is 4. The highest BCUT2D eigenvalue weighted by Crippen LogP contribution is 2.34. The molecule has 2 heterocycles. The zero-order valence-electron chi connectivity index (χ0n) is 14.2. The normalized spacial score (nSPS) is 17.1. The molecule has 0 fully saturated rings. The summed E-state index contributed by atoms with van der Waals surface area (Å²) in [6.07, 6.45) is 0.374. The Morgan fingerprint density at radius 3 is 2.52 bits per heavy atom. The van der Waals surface area contributed by atoms with Gasteiger partial charge < -0.3 is 4.90 Å². The number of aliphatic imine (C=N–C) groups is 1. The Labute approximate surface area is 161 Å². The van der Waals surface area contributed by atoms with E-state index in [2.05, 4.69) is 25.9 Å². The lowest BCUT2D eigenvalue weighted by Gasteiger charge is -2.31. The molecule has 138 valence electrons. The Kier molecular flexibility index (Phi) is 4.30. The smallest absolute Gasteiger partial charge is 0.308 e. The molecule has 0 amide bonds. The third-order valence-electron chi connectivity index (χ3n) is 4.35. The van der Waals surface area contributed by atoms with Crippen molar-refractivity contribution in [2.45, 2.75) is 19.4 Å². The molecule has 1 aliphatic rings. The van der Waals surface area contributed by atoms with E-state index in [-0.39, 0.29) is 0 Å². The first-order valence-electron chi connectivity index (χ1n) is 8.14. The summed E-state index contributed by atoms with van der Waals surface area (Å²) in [5.74, 6) is 0.762. The second-order valence-electron chi connectivity index (χ2n) is 6.10. The van der Waals surface area contributed by atoms with Gasteiger partial charge >= 0.3 is 6.18 Å². The van der Waals surface area contributed by atoms with Crippen LogP contribution >= 0.6 is 15.9 Å². The molecular weight excluding hydrogens is 421 g/mol. The van der Waals surface area contributed by atoms with E-state index in [1.807, 2.05) is 34.6 Å². The summed E-state index contributed by atoms with van der Waals surface area (Å²) in [5, 5.41) is 0. The summed E-state index contributed by atoms with van der Waals surface area (Å²) < 4.78 is 41.4. The molecule has 0 saturated carbocycles. The molecule has 4 rings (SSSR count). The first-order chi connectivity index (χ1) is 12.8. The van der Waals surface area contributed by atoms with Crippen molar-refractivity contribution < 1.29 is 13.2 Å². The van der Waals surface area contributed by atoms with Crippen LogP contribution in [0.1, 0.15) is 17.7 Å². The predicted molar refractivity (Wildman–Crippen MR) is 103 cm³/mol. The van der Waals surface area contributed by atoms with Crippen LogP contribution in [0.5, 0.6) is 0 Å². The van der Waals surface area contributed by atoms with Crippen molar-refractivity contribution in [2.24, 2.45) is 4.99 Å². The number of allylic oxidation sites excluding steroid dienone is 1. The topological polar surface area (TPSA) is 33.4 Å². The molecule has 0 saturated heterocycles. The van der Waals surface area contributed by atoms with Gasteiger partial charge in [-0.1, -0.05) is 15.9 Å². The maximum Gasteiger partial charge on any atom is 0.416 e. The molecule has 8 heteroatoms. The maximum absolute atomic E-state index is 12.9. The van der Waals surface area contributed by atoms with Crippen LogP contribution in [0.3, 0.4) is 0 Å². The quantitative estimate of drug-likeness (QED) is 0.519. The Bertz CT molecular complexity index is 1050. The first kappa shape index (κ1) is 17.8. The van der Waals surface area contributed by atoms with Gasteiger partial charge in [-0.2, -0.15) is 13.2 Å². The molecule has 27 heavy (non-hydrogen) atoms. The third kappa shape index (κ3) is 3.25. The zero-order valence-corrected chi connectivity index (χ0v) is 15.7. The molecule has 0 radical (unpaired) electrons. The molecule has 2 aromatic carbocycles. The van der Waals surface area contributed by atoms with Crippen LogP contribution in [0.25, 0.3) is 11.0 Å². The number of alkyl halides is 3. The van der Waals surface area contributed by atoms with Gasteiger partial charge in [-0.15, -0.1) is 0 Å². The zero-order chi connectivity index (χ0) is 19.2. The van der Waals surface area contributed by atoms with E-state index >= 15 is 0 Å². The highest BCUT2D eigenvalue weighted by Gasteiger charge is 2.31. The number of fused-ring (bicyclic) bond motifs is 1. The van der Waals surface area contributed by atoms with E-state index in [9.17, 15) is 13.2 Å². The Hall–Kier alpha value is -2.61. The number of hydrogen-bond donors (Lipinski definition) is 0. The van der Waals surface area contributed by atoms with E-state index in [1.165, 1.54) is 12.1 Å². The summed E-state index contributed by atoms with van der Waals surface area (Å²) >= 11 is 3.47. The second kappa shape index (κ2) is 6.53. The number of aryl methyl sites for hydroxylation is 1. The van der Waals surface area contributed by atoms with Crippen LogP contribution in [0, 0.1) is 6.92 Å². The van der Waals surface area contributed by atoms with Gasteiger partial charge in [0.1, 0.15) is 5.82 Å². The van der Waals surface area contributed by atoms with Gasteiger partial charge in [0.25, 0.3) is 0 Å². The van der Waals surface area contributed by atoms with Crippen LogP contribution in [-0.2, 0) is 6.18 Å². The number of nitrogens with zero attached hydrogens (tertiary/aromatic N) is 4. The highest BCUT2D eigenvalue weighted by atomic mass is 79.9. The van der Waals surface area contributed by atoms with Crippen LogP contribution in [-0.4, -0.2) is 15.8 Å². The number of rotatable bonds is 2. The molecule has 3 aromatic rings. The van der Waals surface area contributed by atoms with Gasteiger partial charge in [0.05, 0.1) is 16.6 Å². The molecule has 1 unspecified atom stereocenters. The molecule has 0 aliphatic carbocycles. The largest absolute Gasteiger partial charge is 0.416 e. The molecule has 1 atom stereocenters. The van der Waals surface area contributed by atoms with Gasteiger partial charge in [0.2, 0.25) is 6.29 Å². The minimum Gasteiger partial charge on any atom is -0.308 e. The third-order valence-corrected chi connectivity index (χ3v) is 4.85. The Balaban J connectivity index is 1.79. The average molecular weight is 435 g/mol. The van der Waals surface area contributed by atoms with E-state index in [0.717, 1.165) is 33.5 Å². The standard InChI is InChI=1S/C19H14BrF3N4/c1-12-25-16-8-5-14(20)11-17(16)27(12)18-24-9-2-10-26(18)15-6-3-13(4-7-15)19(21,22)23/h2-11,18H,1H3. The van der Waals surface area contributed by atoms with Gasteiger partial charge in [0.15, 0.2) is 0 Å². The fourth-order valence-electron chi connectivity index (χ4n) is 3.12. The lowest BCUT2D eigenvalue weighted by Crippen LogP contribution is -2.29. The van der Waals surface area contributed by atoms with Gasteiger partial charge in [-0.05, 0) is 55.5 Å². The number of anilines is 1. The van der Waals surface area contributed by atoms with Crippen LogP contribution in [0.2, 0.25) is 0 Å². The van der Waals surface area contributed by atoms with Crippen LogP contribution < -0.4 is 4.90 Å². The van der Waals surface area contributed by atoms with Gasteiger partial charge in [-0.25, -0.2) is 9.98 Å². The van der Waals surface area contributed by atoms with Crippen molar-refractivity contribution in [3.63, 3.8) is 0 Å². The molecular formula is C19H14BrF3N4. The summed E-state index contributed by atoms with van der Waals surface area (Å²) in [6.45, 7) is 1.88. The second-order valence-corrected chi connectivity index (χ2v) is 7.02. The summed E-state index contributed by atoms with van der Waals surface area (Å²) in [6, 6.07) is 10.8. The number of imidazole rings is 1. The van der Waals surface area contributed by atoms with Crippen molar-refractivity contribution in [3.05, 3.63) is 70.6 Å². The van der Waals surface area contributed by atoms with Crippen LogP contribution in [0.4, 0.5) is 18.9 Å². The van der Waals surface area contributed by atoms with Gasteiger partial charge in [0, 0.05) is 22.6 Å². The molecule has 0 N–H and O–H groups in total. The fourth-order valence-corrected chi connectivity index (χ4v) is 3.47. The van der Waals surface area contributed by atoms with Crippen molar-refractivity contribution in [1.82, 2.24) is 9.55 Å². The highest BCUT2D eigenvalue weighted by molar-refractivity contribution is 9.10. The van der Waals surface area contributed by atoms with E-state index in [4.69, 9.17) is 0 Å². The number of hydrogen-bond acceptors (Lipinski definition) is 3. The molecule has 1 aliphatic heterocycles. The monoisotopic (exact) mass is 434 g/mol. The minimum atomic E-state index is -4.36. The number of aromatic nitrogens is 2. The van der Waals surface area contributed by atoms with E-state index in [1.54, 1.807) is 18.5 Å². The summed E-state index contributed by atoms with van der Waals surface area (Å²) in [7, 11) is 0. The number of benzene rings is 2. The van der Waals surface area contributed by atoms with Crippen LogP contribution in [0.15, 0.2) is 64.2 Å². The molecule has 1 aromatic heterocycles. The summed E-state index contributed by atoms with van der Waals surface area (Å²) in [4.78, 5) is 10.9. The maximum atomic E-state index is 12.9. The fraction of sp³-hybridized carbons (Fsp3) is 0.158. The van der Waals surface area contributed by atoms with Crippen molar-refractivity contribution >= 4 is 38.9 Å². The van der Waals surface area contributed by atoms with Crippen molar-refractivity contribution in [3.8, 4) is 0 Å². The molecule has 4 nitrogen and oxygen atoms in total. The lowest BCUT2D eigenvalue weighted by molar-refractivity contribution is -0.137. The average Bonchev–Trinajstić information content (AvgIpc) is 2.96. The first-order valence-corrected chi connectivity index (χ1v) is 8.93. The summed E-state index contributed by atoms with van der Waals surface area (Å²) in [5.41, 5.74) is 1.64. The van der Waals surface area contributed by atoms with Crippen molar-refractivity contribution in [2.75, 3.05) is 4.90 Å². The lowest BCUT2D eigenvalue weighted by atomic mass is 10.2. The minimum absolute atomic E-state index is 0.481. The SMILES string of the molecule is Cc1nc2ccc(Br)cc2n1C1N=CC=CN1c1ccc(C(F)(F)F)cc1. The Morgan fingerprint density at radius 1 is 1.07 bits per heavy atom. The van der Waals surface area contributed by atoms with E-state index < -0.39 is 18.0 Å². The molecule has 0 spiro atoms.